The van der Waals surface area contributed by atoms with Crippen molar-refractivity contribution < 1.29 is 4.79 Å². The minimum absolute atomic E-state index is 0.0745. The summed E-state index contributed by atoms with van der Waals surface area (Å²) in [5.41, 5.74) is 2.17. The summed E-state index contributed by atoms with van der Waals surface area (Å²) >= 11 is 5.99. The van der Waals surface area contributed by atoms with Crippen LogP contribution in [0.5, 0.6) is 0 Å². The molecule has 0 spiro atoms. The molecule has 4 rings (SSSR count). The number of aromatic amines is 1. The number of H-pyrrole nitrogens is 1. The van der Waals surface area contributed by atoms with Crippen molar-refractivity contribution in [2.75, 3.05) is 0 Å². The van der Waals surface area contributed by atoms with Gasteiger partial charge in [0.2, 0.25) is 5.91 Å². The second kappa shape index (κ2) is 8.51. The van der Waals surface area contributed by atoms with Crippen LogP contribution in [0.4, 0.5) is 0 Å². The van der Waals surface area contributed by atoms with Crippen LogP contribution in [-0.4, -0.2) is 30.8 Å². The van der Waals surface area contributed by atoms with E-state index in [-0.39, 0.29) is 17.9 Å². The molecule has 1 N–H and O–H groups in total. The number of hydrogen-bond acceptors (Lipinski definition) is 4. The van der Waals surface area contributed by atoms with E-state index in [9.17, 15) is 9.59 Å². The average Bonchev–Trinajstić information content (AvgIpc) is 3.16. The van der Waals surface area contributed by atoms with E-state index in [1.54, 1.807) is 40.0 Å². The molecule has 0 aliphatic rings. The lowest BCUT2D eigenvalue weighted by Crippen LogP contribution is -2.32. The fourth-order valence-corrected chi connectivity index (χ4v) is 3.50. The van der Waals surface area contributed by atoms with Gasteiger partial charge in [-0.25, -0.2) is 5.10 Å². The molecule has 0 radical (unpaired) electrons. The number of rotatable bonds is 6. The van der Waals surface area contributed by atoms with Gasteiger partial charge in [-0.2, -0.15) is 10.2 Å². The second-order valence-corrected chi connectivity index (χ2v) is 7.56. The molecule has 0 fully saturated rings. The van der Waals surface area contributed by atoms with Crippen molar-refractivity contribution in [1.82, 2.24) is 24.9 Å². The van der Waals surface area contributed by atoms with Crippen LogP contribution in [0.1, 0.15) is 16.8 Å². The molecule has 0 atom stereocenters. The number of carbonyl (C=O) groups is 1. The molecule has 0 aliphatic carbocycles. The lowest BCUT2D eigenvalue weighted by molar-refractivity contribution is -0.131. The Labute approximate surface area is 177 Å². The van der Waals surface area contributed by atoms with Crippen molar-refractivity contribution in [3.05, 3.63) is 93.1 Å². The molecule has 8 heteroatoms. The number of aryl methyl sites for hydroxylation is 1. The first-order valence-electron chi connectivity index (χ1n) is 9.45. The van der Waals surface area contributed by atoms with E-state index < -0.39 is 0 Å². The van der Waals surface area contributed by atoms with Crippen molar-refractivity contribution in [2.45, 2.75) is 19.5 Å². The molecule has 152 valence electrons. The van der Waals surface area contributed by atoms with Crippen LogP contribution in [0.15, 0.2) is 65.7 Å². The van der Waals surface area contributed by atoms with E-state index in [0.29, 0.717) is 34.6 Å². The first-order valence-corrected chi connectivity index (χ1v) is 9.83. The summed E-state index contributed by atoms with van der Waals surface area (Å²) in [6, 6.07) is 14.6. The van der Waals surface area contributed by atoms with Crippen LogP contribution in [0, 0.1) is 0 Å². The molecule has 0 aliphatic heterocycles. The highest BCUT2D eigenvalue weighted by molar-refractivity contribution is 6.30. The van der Waals surface area contributed by atoms with Gasteiger partial charge in [0, 0.05) is 42.3 Å². The number of amides is 1. The minimum atomic E-state index is -0.268. The van der Waals surface area contributed by atoms with Crippen molar-refractivity contribution in [2.24, 2.45) is 7.05 Å². The Bertz CT molecular complexity index is 1250. The minimum Gasteiger partial charge on any atom is -0.334 e. The quantitative estimate of drug-likeness (QED) is 0.518. The number of halogens is 1. The third-order valence-electron chi connectivity index (χ3n) is 4.86. The standard InChI is InChI=1S/C22H20ClN5O2/c1-27-12-16(11-24-27)14-28(13-15-6-8-17(23)9-7-15)21(29)10-20-18-4-2-3-5-19(18)22(30)26-25-20/h2-9,11-12H,10,13-14H2,1H3,(H,26,30). The summed E-state index contributed by atoms with van der Waals surface area (Å²) in [6.07, 6.45) is 3.71. The van der Waals surface area contributed by atoms with E-state index in [0.717, 1.165) is 11.1 Å². The van der Waals surface area contributed by atoms with Crippen LogP contribution in [0.25, 0.3) is 10.8 Å². The molecule has 2 heterocycles. The van der Waals surface area contributed by atoms with Crippen molar-refractivity contribution in [1.29, 1.82) is 0 Å². The number of hydrogen-bond donors (Lipinski definition) is 1. The monoisotopic (exact) mass is 421 g/mol. The predicted molar refractivity (Wildman–Crippen MR) is 115 cm³/mol. The Morgan fingerprint density at radius 1 is 1.07 bits per heavy atom. The third-order valence-corrected chi connectivity index (χ3v) is 5.12. The molecular weight excluding hydrogens is 402 g/mol. The van der Waals surface area contributed by atoms with Gasteiger partial charge in [0.25, 0.3) is 5.56 Å². The summed E-state index contributed by atoms with van der Waals surface area (Å²) in [6.45, 7) is 0.836. The normalized spacial score (nSPS) is 11.0. The van der Waals surface area contributed by atoms with E-state index >= 15 is 0 Å². The highest BCUT2D eigenvalue weighted by Crippen LogP contribution is 2.17. The summed E-state index contributed by atoms with van der Waals surface area (Å²) in [5.74, 6) is -0.0986. The van der Waals surface area contributed by atoms with Crippen LogP contribution in [0.2, 0.25) is 5.02 Å². The molecule has 30 heavy (non-hydrogen) atoms. The number of benzene rings is 2. The van der Waals surface area contributed by atoms with Crippen molar-refractivity contribution in [3.63, 3.8) is 0 Å². The molecular formula is C22H20ClN5O2. The van der Waals surface area contributed by atoms with Crippen LogP contribution in [-0.2, 0) is 31.4 Å². The van der Waals surface area contributed by atoms with Crippen LogP contribution >= 0.6 is 11.6 Å². The predicted octanol–water partition coefficient (Wildman–Crippen LogP) is 3.08. The Morgan fingerprint density at radius 2 is 1.77 bits per heavy atom. The van der Waals surface area contributed by atoms with Crippen molar-refractivity contribution >= 4 is 28.3 Å². The topological polar surface area (TPSA) is 83.9 Å². The van der Waals surface area contributed by atoms with Crippen molar-refractivity contribution in [3.8, 4) is 0 Å². The number of nitrogens with one attached hydrogen (secondary N) is 1. The third kappa shape index (κ3) is 4.41. The Hall–Kier alpha value is -3.45. The van der Waals surface area contributed by atoms with Crippen LogP contribution < -0.4 is 5.56 Å². The Kier molecular flexibility index (Phi) is 5.63. The molecule has 1 amide bonds. The summed E-state index contributed by atoms with van der Waals surface area (Å²) < 4.78 is 1.71. The molecule has 0 saturated carbocycles. The number of fused-ring (bicyclic) bond motifs is 1. The summed E-state index contributed by atoms with van der Waals surface area (Å²) in [7, 11) is 1.84. The fraction of sp³-hybridized carbons (Fsp3) is 0.182. The molecule has 7 nitrogen and oxygen atoms in total. The van der Waals surface area contributed by atoms with E-state index in [1.165, 1.54) is 0 Å². The second-order valence-electron chi connectivity index (χ2n) is 7.12. The maximum atomic E-state index is 13.3. The molecule has 0 unspecified atom stereocenters. The number of aromatic nitrogens is 4. The summed E-state index contributed by atoms with van der Waals surface area (Å²) in [4.78, 5) is 27.0. The maximum absolute atomic E-state index is 13.3. The largest absolute Gasteiger partial charge is 0.334 e. The lowest BCUT2D eigenvalue weighted by atomic mass is 10.1. The highest BCUT2D eigenvalue weighted by atomic mass is 35.5. The van der Waals surface area contributed by atoms with Gasteiger partial charge in [-0.1, -0.05) is 41.9 Å². The van der Waals surface area contributed by atoms with E-state index in [2.05, 4.69) is 15.3 Å². The summed E-state index contributed by atoms with van der Waals surface area (Å²) in [5, 5.41) is 12.7. The van der Waals surface area contributed by atoms with Gasteiger partial charge < -0.3 is 4.90 Å². The molecule has 4 aromatic rings. The van der Waals surface area contributed by atoms with Gasteiger partial charge in [0.15, 0.2) is 0 Å². The zero-order valence-corrected chi connectivity index (χ0v) is 17.1. The maximum Gasteiger partial charge on any atom is 0.272 e. The first kappa shape index (κ1) is 19.8. The molecule has 2 aromatic carbocycles. The SMILES string of the molecule is Cn1cc(CN(Cc2ccc(Cl)cc2)C(=O)Cc2n[nH]c(=O)c3ccccc23)cn1. The van der Waals surface area contributed by atoms with E-state index in [1.807, 2.05) is 37.5 Å². The van der Waals surface area contributed by atoms with E-state index in [4.69, 9.17) is 11.6 Å². The molecule has 2 aromatic heterocycles. The van der Waals surface area contributed by atoms with Gasteiger partial charge in [-0.3, -0.25) is 14.3 Å². The van der Waals surface area contributed by atoms with Gasteiger partial charge in [0.05, 0.1) is 23.7 Å². The Balaban J connectivity index is 1.62. The highest BCUT2D eigenvalue weighted by Gasteiger charge is 2.19. The number of nitrogens with zero attached hydrogens (tertiary/aromatic N) is 4. The van der Waals surface area contributed by atoms with Gasteiger partial charge in [-0.15, -0.1) is 0 Å². The smallest absolute Gasteiger partial charge is 0.272 e. The zero-order valence-electron chi connectivity index (χ0n) is 16.4. The molecule has 0 saturated heterocycles. The lowest BCUT2D eigenvalue weighted by Gasteiger charge is -2.22. The average molecular weight is 422 g/mol. The van der Waals surface area contributed by atoms with Gasteiger partial charge in [-0.05, 0) is 23.8 Å². The van der Waals surface area contributed by atoms with Crippen LogP contribution in [0.3, 0.4) is 0 Å². The van der Waals surface area contributed by atoms with Gasteiger partial charge in [0.1, 0.15) is 0 Å². The van der Waals surface area contributed by atoms with Gasteiger partial charge >= 0.3 is 0 Å². The fourth-order valence-electron chi connectivity index (χ4n) is 3.38. The Morgan fingerprint density at radius 3 is 2.47 bits per heavy atom. The first-order chi connectivity index (χ1) is 14.5. The molecule has 0 bridgehead atoms. The zero-order chi connectivity index (χ0) is 21.1. The number of carbonyl (C=O) groups excluding carboxylic acids is 1.